The van der Waals surface area contributed by atoms with Gasteiger partial charge in [0.15, 0.2) is 5.82 Å². The number of hydrogen-bond donors (Lipinski definition) is 2. The maximum absolute atomic E-state index is 14.8. The number of rotatable bonds is 9. The van der Waals surface area contributed by atoms with Crippen molar-refractivity contribution in [3.05, 3.63) is 66.8 Å². The average molecular weight is 619 g/mol. The lowest BCUT2D eigenvalue weighted by Gasteiger charge is -2.35. The SMILES string of the molecule is C=CC(=O)Nc1cc(Nc2cc(N3OCCC3c3cc(F)cc(N4CCOCC4)c3)ncn2)c(OC)cc1N1CCN(C)CC1. The molecule has 3 aromatic rings. The van der Waals surface area contributed by atoms with E-state index in [1.165, 1.54) is 12.4 Å². The van der Waals surface area contributed by atoms with Gasteiger partial charge in [-0.15, -0.1) is 0 Å². The van der Waals surface area contributed by atoms with Gasteiger partial charge in [0, 0.05) is 63.5 Å². The van der Waals surface area contributed by atoms with Crippen molar-refractivity contribution in [2.24, 2.45) is 0 Å². The summed E-state index contributed by atoms with van der Waals surface area (Å²) >= 11 is 0. The third-order valence-electron chi connectivity index (χ3n) is 8.32. The summed E-state index contributed by atoms with van der Waals surface area (Å²) in [6.07, 6.45) is 3.37. The highest BCUT2D eigenvalue weighted by atomic mass is 19.1. The highest BCUT2D eigenvalue weighted by Gasteiger charge is 2.31. The second kappa shape index (κ2) is 13.7. The maximum Gasteiger partial charge on any atom is 0.247 e. The number of ether oxygens (including phenoxy) is 2. The number of benzene rings is 2. The third kappa shape index (κ3) is 6.95. The number of amides is 1. The summed E-state index contributed by atoms with van der Waals surface area (Å²) in [7, 11) is 3.70. The van der Waals surface area contributed by atoms with Crippen LogP contribution in [0.3, 0.4) is 0 Å². The zero-order valence-electron chi connectivity index (χ0n) is 25.7. The van der Waals surface area contributed by atoms with E-state index in [9.17, 15) is 9.18 Å². The number of piperazine rings is 1. The fourth-order valence-corrected chi connectivity index (χ4v) is 5.89. The summed E-state index contributed by atoms with van der Waals surface area (Å²) in [5, 5.41) is 8.00. The molecule has 4 heterocycles. The third-order valence-corrected chi connectivity index (χ3v) is 8.32. The molecular formula is C32H39FN8O4. The minimum atomic E-state index is -0.308. The van der Waals surface area contributed by atoms with Gasteiger partial charge >= 0.3 is 0 Å². The molecule has 238 valence electrons. The first-order valence-electron chi connectivity index (χ1n) is 15.1. The quantitative estimate of drug-likeness (QED) is 0.341. The molecule has 3 aliphatic heterocycles. The first-order valence-corrected chi connectivity index (χ1v) is 15.1. The molecule has 3 saturated heterocycles. The molecular weight excluding hydrogens is 579 g/mol. The Hall–Kier alpha value is -4.46. The van der Waals surface area contributed by atoms with Gasteiger partial charge in [-0.1, -0.05) is 6.58 Å². The Labute approximate surface area is 262 Å². The molecule has 45 heavy (non-hydrogen) atoms. The highest BCUT2D eigenvalue weighted by Crippen LogP contribution is 2.40. The van der Waals surface area contributed by atoms with Crippen LogP contribution in [0, 0.1) is 5.82 Å². The first-order chi connectivity index (χ1) is 21.9. The van der Waals surface area contributed by atoms with Crippen LogP contribution >= 0.6 is 0 Å². The number of carbonyl (C=O) groups is 1. The number of nitrogens with zero attached hydrogens (tertiary/aromatic N) is 6. The lowest BCUT2D eigenvalue weighted by molar-refractivity contribution is -0.111. The Morgan fingerprint density at radius 3 is 2.56 bits per heavy atom. The number of morpholine rings is 1. The van der Waals surface area contributed by atoms with E-state index in [1.54, 1.807) is 30.4 Å². The Morgan fingerprint density at radius 1 is 1.00 bits per heavy atom. The number of carbonyl (C=O) groups excluding carboxylic acids is 1. The minimum Gasteiger partial charge on any atom is -0.494 e. The number of hydroxylamine groups is 1. The van der Waals surface area contributed by atoms with Gasteiger partial charge < -0.3 is 34.8 Å². The number of halogens is 1. The second-order valence-electron chi connectivity index (χ2n) is 11.2. The van der Waals surface area contributed by atoms with Crippen molar-refractivity contribution < 1.29 is 23.5 Å². The van der Waals surface area contributed by atoms with Gasteiger partial charge in [0.2, 0.25) is 5.91 Å². The van der Waals surface area contributed by atoms with Crippen LogP contribution < -0.4 is 30.2 Å². The maximum atomic E-state index is 14.8. The molecule has 13 heteroatoms. The van der Waals surface area contributed by atoms with Crippen LogP contribution in [0.5, 0.6) is 5.75 Å². The number of aromatic nitrogens is 2. The topological polar surface area (TPSA) is 108 Å². The predicted octanol–water partition coefficient (Wildman–Crippen LogP) is 3.96. The molecule has 2 aromatic carbocycles. The Bertz CT molecular complexity index is 1530. The smallest absolute Gasteiger partial charge is 0.247 e. The van der Waals surface area contributed by atoms with Crippen LogP contribution in [0.25, 0.3) is 0 Å². The van der Waals surface area contributed by atoms with Crippen LogP contribution in [0.4, 0.5) is 38.8 Å². The Kier molecular flexibility index (Phi) is 9.29. The lowest BCUT2D eigenvalue weighted by Crippen LogP contribution is -2.44. The molecule has 1 unspecified atom stereocenters. The standard InChI is InChI=1S/C32H39FN8O4/c1-4-32(42)37-25-18-26(29(43-3)19-28(25)40-8-6-38(2)7-9-40)36-30-20-31(35-21-34-30)41-27(5-12-45-41)22-15-23(33)17-24(16-22)39-10-13-44-14-11-39/h4,15-21,27H,1,5-14H2,2-3H3,(H,37,42)(H,34,35,36). The van der Waals surface area contributed by atoms with Crippen LogP contribution in [0.15, 0.2) is 55.4 Å². The number of likely N-dealkylation sites (N-methyl/N-ethyl adjacent to an activating group) is 1. The average Bonchev–Trinajstić information content (AvgIpc) is 3.56. The first kappa shape index (κ1) is 30.6. The van der Waals surface area contributed by atoms with E-state index in [0.29, 0.717) is 68.1 Å². The van der Waals surface area contributed by atoms with E-state index < -0.39 is 0 Å². The predicted molar refractivity (Wildman–Crippen MR) is 172 cm³/mol. The van der Waals surface area contributed by atoms with Gasteiger partial charge in [0.1, 0.15) is 23.7 Å². The molecule has 3 fully saturated rings. The van der Waals surface area contributed by atoms with Crippen molar-refractivity contribution in [3.8, 4) is 5.75 Å². The molecule has 6 rings (SSSR count). The summed E-state index contributed by atoms with van der Waals surface area (Å²) in [6, 6.07) is 10.4. The van der Waals surface area contributed by atoms with E-state index in [4.69, 9.17) is 14.3 Å². The van der Waals surface area contributed by atoms with Gasteiger partial charge in [-0.05, 0) is 43.0 Å². The minimum absolute atomic E-state index is 0.235. The normalized spacial score (nSPS) is 19.0. The van der Waals surface area contributed by atoms with Gasteiger partial charge in [0.05, 0.1) is 50.0 Å². The van der Waals surface area contributed by atoms with E-state index >= 15 is 0 Å². The fraction of sp³-hybridized carbons (Fsp3) is 0.406. The summed E-state index contributed by atoms with van der Waals surface area (Å²) in [6.45, 7) is 10.2. The fourth-order valence-electron chi connectivity index (χ4n) is 5.89. The van der Waals surface area contributed by atoms with Gasteiger partial charge in [0.25, 0.3) is 0 Å². The number of hydrogen-bond acceptors (Lipinski definition) is 11. The van der Waals surface area contributed by atoms with Crippen molar-refractivity contribution in [1.82, 2.24) is 14.9 Å². The summed E-state index contributed by atoms with van der Waals surface area (Å²) in [5.41, 5.74) is 3.75. The monoisotopic (exact) mass is 618 g/mol. The summed E-state index contributed by atoms with van der Waals surface area (Å²) in [5.74, 6) is 1.01. The zero-order chi connectivity index (χ0) is 31.3. The van der Waals surface area contributed by atoms with E-state index in [2.05, 4.69) is 48.9 Å². The van der Waals surface area contributed by atoms with E-state index in [0.717, 1.165) is 43.1 Å². The summed E-state index contributed by atoms with van der Waals surface area (Å²) < 4.78 is 26.1. The largest absolute Gasteiger partial charge is 0.494 e. The number of methoxy groups -OCH3 is 1. The Balaban J connectivity index is 1.27. The van der Waals surface area contributed by atoms with Crippen molar-refractivity contribution in [1.29, 1.82) is 0 Å². The highest BCUT2D eigenvalue weighted by molar-refractivity contribution is 6.02. The van der Waals surface area contributed by atoms with Crippen molar-refractivity contribution in [2.45, 2.75) is 12.5 Å². The zero-order valence-corrected chi connectivity index (χ0v) is 25.7. The molecule has 12 nitrogen and oxygen atoms in total. The molecule has 1 amide bonds. The molecule has 1 aromatic heterocycles. The molecule has 0 saturated carbocycles. The Morgan fingerprint density at radius 2 is 1.80 bits per heavy atom. The molecule has 0 radical (unpaired) electrons. The van der Waals surface area contributed by atoms with Gasteiger partial charge in [-0.2, -0.15) is 0 Å². The van der Waals surface area contributed by atoms with E-state index in [1.807, 2.05) is 18.2 Å². The molecule has 1 atom stereocenters. The van der Waals surface area contributed by atoms with Gasteiger partial charge in [-0.25, -0.2) is 19.4 Å². The molecule has 0 bridgehead atoms. The number of nitrogens with one attached hydrogen (secondary N) is 2. The lowest BCUT2D eigenvalue weighted by atomic mass is 10.0. The van der Waals surface area contributed by atoms with Crippen molar-refractivity contribution >= 4 is 40.3 Å². The van der Waals surface area contributed by atoms with Gasteiger partial charge in [-0.3, -0.25) is 9.63 Å². The molecule has 2 N–H and O–H groups in total. The van der Waals surface area contributed by atoms with E-state index in [-0.39, 0.29) is 17.8 Å². The van der Waals surface area contributed by atoms with Crippen molar-refractivity contribution in [2.75, 3.05) is 98.7 Å². The van der Waals surface area contributed by atoms with Crippen LogP contribution in [0.2, 0.25) is 0 Å². The van der Waals surface area contributed by atoms with Crippen LogP contribution in [0.1, 0.15) is 18.0 Å². The van der Waals surface area contributed by atoms with Crippen LogP contribution in [-0.2, 0) is 14.4 Å². The van der Waals surface area contributed by atoms with Crippen LogP contribution in [-0.4, -0.2) is 94.0 Å². The number of anilines is 6. The second-order valence-corrected chi connectivity index (χ2v) is 11.2. The molecule has 0 spiro atoms. The van der Waals surface area contributed by atoms with Crippen molar-refractivity contribution in [3.63, 3.8) is 0 Å². The summed E-state index contributed by atoms with van der Waals surface area (Å²) in [4.78, 5) is 34.0. The molecule has 0 aliphatic carbocycles. The molecule has 3 aliphatic rings.